The summed E-state index contributed by atoms with van der Waals surface area (Å²) in [6.45, 7) is 4.75. The van der Waals surface area contributed by atoms with Crippen LogP contribution in [-0.4, -0.2) is 29.0 Å². The first kappa shape index (κ1) is 14.3. The van der Waals surface area contributed by atoms with Gasteiger partial charge in [0.25, 0.3) is 0 Å². The third-order valence-electron chi connectivity index (χ3n) is 3.82. The maximum atomic E-state index is 5.79. The lowest BCUT2D eigenvalue weighted by Crippen LogP contribution is -2.36. The lowest BCUT2D eigenvalue weighted by atomic mass is 10.1. The van der Waals surface area contributed by atoms with Gasteiger partial charge in [-0.1, -0.05) is 19.8 Å². The molecule has 1 fully saturated rings. The minimum Gasteiger partial charge on any atom is -0.300 e. The van der Waals surface area contributed by atoms with E-state index in [9.17, 15) is 0 Å². The van der Waals surface area contributed by atoms with Crippen molar-refractivity contribution in [3.05, 3.63) is 16.1 Å². The van der Waals surface area contributed by atoms with Gasteiger partial charge in [-0.15, -0.1) is 22.9 Å². The largest absolute Gasteiger partial charge is 0.300 e. The number of thiazole rings is 1. The fraction of sp³-hybridized carbons (Fsp3) is 0.786. The van der Waals surface area contributed by atoms with Crippen LogP contribution in [0.3, 0.4) is 0 Å². The van der Waals surface area contributed by atoms with E-state index < -0.39 is 0 Å². The monoisotopic (exact) mass is 286 g/mol. The molecule has 0 amide bonds. The smallest absolute Gasteiger partial charge is 0.0941 e. The van der Waals surface area contributed by atoms with Gasteiger partial charge in [0.15, 0.2) is 0 Å². The highest BCUT2D eigenvalue weighted by molar-refractivity contribution is 7.09. The summed E-state index contributed by atoms with van der Waals surface area (Å²) in [7, 11) is 0. The molecule has 0 spiro atoms. The molecule has 0 radical (unpaired) electrons. The lowest BCUT2D eigenvalue weighted by molar-refractivity contribution is 0.197. The number of hydrogen-bond donors (Lipinski definition) is 0. The molecule has 1 aliphatic heterocycles. The fourth-order valence-corrected chi connectivity index (χ4v) is 3.77. The number of likely N-dealkylation sites (tertiary alicyclic amines) is 1. The third kappa shape index (κ3) is 3.94. The molecule has 1 saturated heterocycles. The van der Waals surface area contributed by atoms with Crippen molar-refractivity contribution in [1.82, 2.24) is 9.88 Å². The molecule has 0 bridgehead atoms. The molecule has 2 rings (SSSR count). The maximum Gasteiger partial charge on any atom is 0.0941 e. The molecule has 1 aromatic rings. The average Bonchev–Trinajstić information content (AvgIpc) is 2.74. The van der Waals surface area contributed by atoms with Gasteiger partial charge in [-0.2, -0.15) is 0 Å². The van der Waals surface area contributed by atoms with Crippen LogP contribution in [0.25, 0.3) is 0 Å². The summed E-state index contributed by atoms with van der Waals surface area (Å²) < 4.78 is 0. The molecular weight excluding hydrogens is 264 g/mol. The fourth-order valence-electron chi connectivity index (χ4n) is 2.76. The van der Waals surface area contributed by atoms with Crippen molar-refractivity contribution in [1.29, 1.82) is 0 Å². The van der Waals surface area contributed by atoms with Crippen molar-refractivity contribution in [3.8, 4) is 0 Å². The lowest BCUT2D eigenvalue weighted by Gasteiger charge is -2.28. The molecular formula is C14H23ClN2S. The minimum absolute atomic E-state index is 0.539. The van der Waals surface area contributed by atoms with Gasteiger partial charge in [0.2, 0.25) is 0 Å². The van der Waals surface area contributed by atoms with Gasteiger partial charge in [0.1, 0.15) is 0 Å². The van der Waals surface area contributed by atoms with E-state index in [1.54, 1.807) is 11.3 Å². The molecule has 0 aromatic carbocycles. The van der Waals surface area contributed by atoms with Crippen LogP contribution in [0.2, 0.25) is 0 Å². The minimum atomic E-state index is 0.539. The van der Waals surface area contributed by atoms with E-state index in [4.69, 9.17) is 11.6 Å². The number of rotatable bonds is 5. The molecule has 0 saturated carbocycles. The zero-order valence-corrected chi connectivity index (χ0v) is 12.8. The quantitative estimate of drug-likeness (QED) is 0.758. The highest BCUT2D eigenvalue weighted by atomic mass is 35.5. The molecule has 18 heavy (non-hydrogen) atoms. The van der Waals surface area contributed by atoms with E-state index in [0.29, 0.717) is 5.88 Å². The first-order valence-electron chi connectivity index (χ1n) is 7.06. The van der Waals surface area contributed by atoms with Crippen molar-refractivity contribution in [3.63, 3.8) is 0 Å². The van der Waals surface area contributed by atoms with Gasteiger partial charge in [-0.05, 0) is 25.8 Å². The summed E-state index contributed by atoms with van der Waals surface area (Å²) in [6.07, 6.45) is 7.91. The van der Waals surface area contributed by atoms with Gasteiger partial charge >= 0.3 is 0 Å². The van der Waals surface area contributed by atoms with Crippen molar-refractivity contribution in [2.45, 2.75) is 57.4 Å². The number of nitrogens with zero attached hydrogens (tertiary/aromatic N) is 2. The number of alkyl halides is 1. The first-order valence-corrected chi connectivity index (χ1v) is 8.48. The van der Waals surface area contributed by atoms with Crippen molar-refractivity contribution in [2.75, 3.05) is 13.1 Å². The molecule has 4 heteroatoms. The highest BCUT2D eigenvalue weighted by Crippen LogP contribution is 2.20. The zero-order chi connectivity index (χ0) is 12.8. The second-order valence-electron chi connectivity index (χ2n) is 5.06. The van der Waals surface area contributed by atoms with Gasteiger partial charge in [-0.25, -0.2) is 4.98 Å². The Morgan fingerprint density at radius 3 is 3.06 bits per heavy atom. The highest BCUT2D eigenvalue weighted by Gasteiger charge is 2.19. The van der Waals surface area contributed by atoms with Crippen LogP contribution in [0.15, 0.2) is 5.38 Å². The Morgan fingerprint density at radius 2 is 2.33 bits per heavy atom. The molecule has 2 nitrogen and oxygen atoms in total. The molecule has 0 N–H and O–H groups in total. The maximum absolute atomic E-state index is 5.79. The first-order chi connectivity index (χ1) is 8.83. The Labute approximate surface area is 119 Å². The van der Waals surface area contributed by atoms with Crippen LogP contribution >= 0.6 is 22.9 Å². The zero-order valence-electron chi connectivity index (χ0n) is 11.2. The topological polar surface area (TPSA) is 16.1 Å². The van der Waals surface area contributed by atoms with E-state index in [-0.39, 0.29) is 0 Å². The van der Waals surface area contributed by atoms with Gasteiger partial charge in [-0.3, -0.25) is 4.90 Å². The van der Waals surface area contributed by atoms with Crippen LogP contribution in [0.4, 0.5) is 0 Å². The molecule has 1 atom stereocenters. The SMILES string of the molecule is CCC1CCCCCN1CCc1nc(CCl)cs1. The van der Waals surface area contributed by atoms with Gasteiger partial charge in [0, 0.05) is 24.4 Å². The molecule has 2 heterocycles. The predicted molar refractivity (Wildman–Crippen MR) is 79.5 cm³/mol. The number of aromatic nitrogens is 1. The Balaban J connectivity index is 1.86. The summed E-state index contributed by atoms with van der Waals surface area (Å²) in [5, 5.41) is 3.33. The molecule has 102 valence electrons. The second-order valence-corrected chi connectivity index (χ2v) is 6.27. The number of hydrogen-bond acceptors (Lipinski definition) is 3. The summed E-state index contributed by atoms with van der Waals surface area (Å²) in [4.78, 5) is 7.22. The molecule has 1 unspecified atom stereocenters. The van der Waals surface area contributed by atoms with E-state index >= 15 is 0 Å². The van der Waals surface area contributed by atoms with Crippen molar-refractivity contribution < 1.29 is 0 Å². The standard InChI is InChI=1S/C14H23ClN2S/c1-2-13-6-4-3-5-8-17(13)9-7-14-16-12(10-15)11-18-14/h11,13H,2-10H2,1H3. The molecule has 0 aliphatic carbocycles. The third-order valence-corrected chi connectivity index (χ3v) is 5.05. The van der Waals surface area contributed by atoms with Crippen LogP contribution in [-0.2, 0) is 12.3 Å². The van der Waals surface area contributed by atoms with Crippen LogP contribution in [0.5, 0.6) is 0 Å². The Bertz CT molecular complexity index is 353. The van der Waals surface area contributed by atoms with Crippen LogP contribution in [0, 0.1) is 0 Å². The van der Waals surface area contributed by atoms with Gasteiger partial charge in [0.05, 0.1) is 16.6 Å². The normalized spacial score (nSPS) is 22.0. The van der Waals surface area contributed by atoms with E-state index in [1.165, 1.54) is 43.7 Å². The summed E-state index contributed by atoms with van der Waals surface area (Å²) in [6, 6.07) is 0.792. The van der Waals surface area contributed by atoms with E-state index in [2.05, 4.69) is 22.2 Å². The predicted octanol–water partition coefficient (Wildman–Crippen LogP) is 4.08. The van der Waals surface area contributed by atoms with Gasteiger partial charge < -0.3 is 0 Å². The van der Waals surface area contributed by atoms with E-state index in [0.717, 1.165) is 24.7 Å². The van der Waals surface area contributed by atoms with Crippen LogP contribution in [0.1, 0.15) is 49.7 Å². The van der Waals surface area contributed by atoms with Crippen molar-refractivity contribution >= 4 is 22.9 Å². The summed E-state index contributed by atoms with van der Waals surface area (Å²) in [5.74, 6) is 0.539. The molecule has 1 aromatic heterocycles. The van der Waals surface area contributed by atoms with E-state index in [1.807, 2.05) is 0 Å². The van der Waals surface area contributed by atoms with Crippen LogP contribution < -0.4 is 0 Å². The summed E-state index contributed by atoms with van der Waals surface area (Å²) in [5.41, 5.74) is 1.03. The molecule has 1 aliphatic rings. The average molecular weight is 287 g/mol. The Kier molecular flexibility index (Phi) is 5.93. The number of halogens is 1. The van der Waals surface area contributed by atoms with Crippen molar-refractivity contribution in [2.24, 2.45) is 0 Å². The Hall–Kier alpha value is -0.120. The Morgan fingerprint density at radius 1 is 1.44 bits per heavy atom. The second kappa shape index (κ2) is 7.46. The summed E-state index contributed by atoms with van der Waals surface area (Å²) >= 11 is 7.54.